The molecule has 1 radical (unpaired) electrons. The molecule has 9 heavy (non-hydrogen) atoms. The normalized spacial score (nSPS) is 9.11. The van der Waals surface area contributed by atoms with Gasteiger partial charge >= 0.3 is 0 Å². The third-order valence-electron chi connectivity index (χ3n) is 0.966. The zero-order valence-corrected chi connectivity index (χ0v) is 5.02. The second kappa shape index (κ2) is 2.49. The minimum absolute atomic E-state index is 0.296. The third kappa shape index (κ3) is 1.42. The van der Waals surface area contributed by atoms with E-state index in [0.717, 1.165) is 0 Å². The maximum atomic E-state index is 12.1. The van der Waals surface area contributed by atoms with Crippen molar-refractivity contribution in [3.05, 3.63) is 30.1 Å². The summed E-state index contributed by atoms with van der Waals surface area (Å²) in [6.45, 7) is 0. The van der Waals surface area contributed by atoms with Gasteiger partial charge in [-0.1, -0.05) is 0 Å². The molecule has 47 valence electrons. The Kier molecular flexibility index (Phi) is 1.68. The summed E-state index contributed by atoms with van der Waals surface area (Å²) in [4.78, 5) is 0. The van der Waals surface area contributed by atoms with Gasteiger partial charge in [-0.25, -0.2) is 4.39 Å². The van der Waals surface area contributed by atoms with Gasteiger partial charge in [0.15, 0.2) is 0 Å². The summed E-state index contributed by atoms with van der Waals surface area (Å²) in [7, 11) is 1.52. The monoisotopic (exact) mass is 125 g/mol. The second-order valence-corrected chi connectivity index (χ2v) is 1.58. The van der Waals surface area contributed by atoms with Crippen molar-refractivity contribution in [1.82, 2.24) is 0 Å². The lowest BCUT2D eigenvalue weighted by Crippen LogP contribution is -1.81. The molecular formula is C7H6FO. The lowest BCUT2D eigenvalue weighted by Gasteiger charge is -1.94. The highest BCUT2D eigenvalue weighted by molar-refractivity contribution is 5.19. The van der Waals surface area contributed by atoms with Crippen LogP contribution >= 0.6 is 0 Å². The standard InChI is InChI=1S/C7H6FO/c1-9-7-4-2-6(8)3-5-7/h2-4H,1H3. The van der Waals surface area contributed by atoms with Gasteiger partial charge in [-0.15, -0.1) is 0 Å². The largest absolute Gasteiger partial charge is 0.496 e. The van der Waals surface area contributed by atoms with Gasteiger partial charge < -0.3 is 4.74 Å². The number of rotatable bonds is 1. The summed E-state index contributed by atoms with van der Waals surface area (Å²) in [5.74, 6) is 0.257. The first-order valence-electron chi connectivity index (χ1n) is 2.54. The smallest absolute Gasteiger partial charge is 0.127 e. The van der Waals surface area contributed by atoms with E-state index in [0.29, 0.717) is 5.75 Å². The molecule has 1 aromatic rings. The van der Waals surface area contributed by atoms with Gasteiger partial charge in [0.2, 0.25) is 0 Å². The molecule has 1 nitrogen and oxygen atoms in total. The van der Waals surface area contributed by atoms with Crippen LogP contribution < -0.4 is 4.74 Å². The molecule has 0 atom stereocenters. The van der Waals surface area contributed by atoms with Crippen LogP contribution in [0.2, 0.25) is 0 Å². The first kappa shape index (κ1) is 6.08. The SMILES string of the molecule is COc1[c]cc(F)cc1. The van der Waals surface area contributed by atoms with Crippen molar-refractivity contribution in [3.63, 3.8) is 0 Å². The predicted molar refractivity (Wildman–Crippen MR) is 31.8 cm³/mol. The fourth-order valence-corrected chi connectivity index (χ4v) is 0.519. The highest BCUT2D eigenvalue weighted by atomic mass is 19.1. The van der Waals surface area contributed by atoms with E-state index in [-0.39, 0.29) is 5.82 Å². The van der Waals surface area contributed by atoms with Crippen LogP contribution in [0.4, 0.5) is 4.39 Å². The van der Waals surface area contributed by atoms with Crippen LogP contribution in [0.5, 0.6) is 5.75 Å². The zero-order valence-electron chi connectivity index (χ0n) is 5.02. The summed E-state index contributed by atoms with van der Waals surface area (Å²) in [6, 6.07) is 6.68. The summed E-state index contributed by atoms with van der Waals surface area (Å²) in [6.07, 6.45) is 0. The second-order valence-electron chi connectivity index (χ2n) is 1.58. The molecule has 0 fully saturated rings. The van der Waals surface area contributed by atoms with Crippen LogP contribution in [0, 0.1) is 11.9 Å². The van der Waals surface area contributed by atoms with Crippen molar-refractivity contribution >= 4 is 0 Å². The first-order valence-corrected chi connectivity index (χ1v) is 2.54. The van der Waals surface area contributed by atoms with E-state index >= 15 is 0 Å². The Morgan fingerprint density at radius 2 is 2.33 bits per heavy atom. The molecule has 1 aromatic carbocycles. The molecule has 0 heterocycles. The van der Waals surface area contributed by atoms with E-state index in [4.69, 9.17) is 4.74 Å². The van der Waals surface area contributed by atoms with Gasteiger partial charge in [0.25, 0.3) is 0 Å². The van der Waals surface area contributed by atoms with Crippen LogP contribution in [0.15, 0.2) is 18.2 Å². The highest BCUT2D eigenvalue weighted by Crippen LogP contribution is 2.07. The van der Waals surface area contributed by atoms with Crippen molar-refractivity contribution in [2.24, 2.45) is 0 Å². The summed E-state index contributed by atoms with van der Waals surface area (Å²) in [5, 5.41) is 0. The van der Waals surface area contributed by atoms with Crippen LogP contribution in [-0.4, -0.2) is 7.11 Å². The molecule has 0 saturated carbocycles. The van der Waals surface area contributed by atoms with E-state index in [1.807, 2.05) is 0 Å². The highest BCUT2D eigenvalue weighted by Gasteiger charge is 1.89. The van der Waals surface area contributed by atoms with Crippen molar-refractivity contribution in [2.75, 3.05) is 7.11 Å². The van der Waals surface area contributed by atoms with E-state index in [1.165, 1.54) is 25.3 Å². The van der Waals surface area contributed by atoms with Gasteiger partial charge in [-0.2, -0.15) is 0 Å². The van der Waals surface area contributed by atoms with Crippen LogP contribution in [0.1, 0.15) is 0 Å². The Labute approximate surface area is 53.1 Å². The molecular weight excluding hydrogens is 119 g/mol. The molecule has 0 amide bonds. The molecule has 0 saturated heterocycles. The molecule has 1 rings (SSSR count). The molecule has 0 aromatic heterocycles. The van der Waals surface area contributed by atoms with Gasteiger partial charge in [0, 0.05) is 6.07 Å². The molecule has 0 aliphatic carbocycles. The number of halogens is 1. The van der Waals surface area contributed by atoms with Gasteiger partial charge in [0.05, 0.1) is 7.11 Å². The first-order chi connectivity index (χ1) is 4.33. The van der Waals surface area contributed by atoms with Gasteiger partial charge in [0.1, 0.15) is 11.6 Å². The number of benzene rings is 1. The average molecular weight is 125 g/mol. The Morgan fingerprint density at radius 3 is 2.78 bits per heavy atom. The molecule has 2 heteroatoms. The summed E-state index contributed by atoms with van der Waals surface area (Å²) in [5.41, 5.74) is 0. The summed E-state index contributed by atoms with van der Waals surface area (Å²) >= 11 is 0. The van der Waals surface area contributed by atoms with E-state index in [1.54, 1.807) is 0 Å². The van der Waals surface area contributed by atoms with Crippen LogP contribution in [-0.2, 0) is 0 Å². The fourth-order valence-electron chi connectivity index (χ4n) is 0.519. The Balaban J connectivity index is 2.88. The quantitative estimate of drug-likeness (QED) is 0.554. The molecule has 0 spiro atoms. The van der Waals surface area contributed by atoms with E-state index in [9.17, 15) is 4.39 Å². The van der Waals surface area contributed by atoms with Crippen molar-refractivity contribution in [2.45, 2.75) is 0 Å². The topological polar surface area (TPSA) is 9.23 Å². The van der Waals surface area contributed by atoms with Crippen molar-refractivity contribution in [1.29, 1.82) is 0 Å². The minimum Gasteiger partial charge on any atom is -0.496 e. The zero-order chi connectivity index (χ0) is 6.69. The Bertz CT molecular complexity index is 181. The van der Waals surface area contributed by atoms with Crippen LogP contribution in [0.25, 0.3) is 0 Å². The van der Waals surface area contributed by atoms with E-state index < -0.39 is 0 Å². The maximum absolute atomic E-state index is 12.1. The summed E-state index contributed by atoms with van der Waals surface area (Å²) < 4.78 is 16.9. The van der Waals surface area contributed by atoms with Crippen LogP contribution in [0.3, 0.4) is 0 Å². The molecule has 0 aliphatic rings. The van der Waals surface area contributed by atoms with E-state index in [2.05, 4.69) is 6.07 Å². The fraction of sp³-hybridized carbons (Fsp3) is 0.143. The molecule has 0 N–H and O–H groups in total. The minimum atomic E-state index is -0.296. The molecule has 0 unspecified atom stereocenters. The number of hydrogen-bond acceptors (Lipinski definition) is 1. The third-order valence-corrected chi connectivity index (χ3v) is 0.966. The predicted octanol–water partition coefficient (Wildman–Crippen LogP) is 1.63. The lowest BCUT2D eigenvalue weighted by atomic mass is 10.3. The van der Waals surface area contributed by atoms with Gasteiger partial charge in [-0.3, -0.25) is 0 Å². The number of hydrogen-bond donors (Lipinski definition) is 0. The lowest BCUT2D eigenvalue weighted by molar-refractivity contribution is 0.412. The average Bonchev–Trinajstić information content (AvgIpc) is 1.90. The molecule has 0 bridgehead atoms. The molecule has 0 aliphatic heterocycles. The number of methoxy groups -OCH3 is 1. The Morgan fingerprint density at radius 1 is 1.56 bits per heavy atom. The van der Waals surface area contributed by atoms with Gasteiger partial charge in [-0.05, 0) is 18.2 Å². The number of ether oxygens (including phenoxy) is 1. The van der Waals surface area contributed by atoms with Crippen molar-refractivity contribution < 1.29 is 9.13 Å². The Hall–Kier alpha value is -1.05. The maximum Gasteiger partial charge on any atom is 0.127 e. The van der Waals surface area contributed by atoms with Crippen molar-refractivity contribution in [3.8, 4) is 5.75 Å².